The monoisotopic (exact) mass is 793 g/mol. The molecule has 0 fully saturated rings. The van der Waals surface area contributed by atoms with Crippen molar-refractivity contribution in [3.63, 3.8) is 0 Å². The highest BCUT2D eigenvalue weighted by Gasteiger charge is 2.24. The Bertz CT molecular complexity index is 2830. The first kappa shape index (κ1) is 38.2. The molecule has 286 valence electrons. The van der Waals surface area contributed by atoms with Crippen molar-refractivity contribution in [3.05, 3.63) is 152 Å². The molecule has 7 rings (SSSR count). The van der Waals surface area contributed by atoms with E-state index in [1.54, 1.807) is 36.5 Å². The van der Waals surface area contributed by atoms with Crippen LogP contribution in [0, 0.1) is 6.92 Å². The quantitative estimate of drug-likeness (QED) is 0.0875. The Hall–Kier alpha value is -6.06. The second kappa shape index (κ2) is 14.5. The number of aromatic nitrogens is 2. The van der Waals surface area contributed by atoms with Gasteiger partial charge in [-0.15, -0.1) is 0 Å². The minimum absolute atomic E-state index is 0.00780. The van der Waals surface area contributed by atoms with Crippen LogP contribution in [0.2, 0.25) is 0 Å². The Labute approximate surface area is 323 Å². The van der Waals surface area contributed by atoms with Gasteiger partial charge in [0.1, 0.15) is 35.7 Å². The fraction of sp³-hybridized carbons (Fsp3) is 0.143. The fourth-order valence-electron chi connectivity index (χ4n) is 7.01. The number of fused-ring (bicyclic) bond motifs is 8. The van der Waals surface area contributed by atoms with E-state index in [2.05, 4.69) is 4.98 Å². The van der Waals surface area contributed by atoms with Crippen molar-refractivity contribution in [3.8, 4) is 34.4 Å². The van der Waals surface area contributed by atoms with E-state index in [-0.39, 0.29) is 58.6 Å². The number of aromatic hydroxyl groups is 4. The molecule has 4 aromatic carbocycles. The Kier molecular flexibility index (Phi) is 9.93. The molecule has 14 heteroatoms. The van der Waals surface area contributed by atoms with Crippen LogP contribution in [0.4, 0.5) is 0 Å². The minimum atomic E-state index is -4.85. The van der Waals surface area contributed by atoms with E-state index in [1.165, 1.54) is 0 Å². The summed E-state index contributed by atoms with van der Waals surface area (Å²) in [6.45, 7) is 1.99. The first-order chi connectivity index (χ1) is 26.4. The zero-order valence-electron chi connectivity index (χ0n) is 30.2. The van der Waals surface area contributed by atoms with Crippen LogP contribution in [0.1, 0.15) is 61.2 Å². The predicted octanol–water partition coefficient (Wildman–Crippen LogP) is 6.04. The summed E-state index contributed by atoms with van der Waals surface area (Å²) < 4.78 is 71.7. The molecule has 0 aliphatic heterocycles. The van der Waals surface area contributed by atoms with Gasteiger partial charge >= 0.3 is 0 Å². The average molecular weight is 794 g/mol. The van der Waals surface area contributed by atoms with Crippen molar-refractivity contribution < 1.29 is 50.9 Å². The number of aryl methyl sites for hydroxylation is 2. The van der Waals surface area contributed by atoms with Gasteiger partial charge in [0, 0.05) is 66.3 Å². The van der Waals surface area contributed by atoms with E-state index >= 15 is 0 Å². The second-order valence-corrected chi connectivity index (χ2v) is 16.8. The largest absolute Gasteiger partial charge is 0.507 e. The van der Waals surface area contributed by atoms with Gasteiger partial charge in [-0.1, -0.05) is 30.4 Å². The molecule has 0 radical (unpaired) electrons. The third kappa shape index (κ3) is 7.86. The molecule has 2 aromatic heterocycles. The Morgan fingerprint density at radius 3 is 1.46 bits per heavy atom. The van der Waals surface area contributed by atoms with E-state index in [1.807, 2.05) is 61.2 Å². The highest BCUT2D eigenvalue weighted by Crippen LogP contribution is 2.40. The minimum Gasteiger partial charge on any atom is -0.507 e. The molecule has 6 aromatic rings. The molecule has 0 saturated carbocycles. The van der Waals surface area contributed by atoms with Crippen LogP contribution >= 0.6 is 0 Å². The molecular formula is C42H37N2O10S2+. The lowest BCUT2D eigenvalue weighted by atomic mass is 9.90. The highest BCUT2D eigenvalue weighted by atomic mass is 32.2. The van der Waals surface area contributed by atoms with Gasteiger partial charge in [0.25, 0.3) is 20.2 Å². The third-order valence-corrected chi connectivity index (χ3v) is 11.6. The van der Waals surface area contributed by atoms with Crippen molar-refractivity contribution >= 4 is 32.4 Å². The van der Waals surface area contributed by atoms with Gasteiger partial charge < -0.3 is 20.4 Å². The molecule has 6 N–H and O–H groups in total. The first-order valence-corrected chi connectivity index (χ1v) is 20.2. The number of para-hydroxylation sites is 1. The lowest BCUT2D eigenvalue weighted by molar-refractivity contribution is -0.660. The highest BCUT2D eigenvalue weighted by molar-refractivity contribution is 7.86. The molecule has 0 spiro atoms. The van der Waals surface area contributed by atoms with Crippen LogP contribution in [-0.2, 0) is 53.0 Å². The molecule has 0 saturated heterocycles. The van der Waals surface area contributed by atoms with E-state index in [9.17, 15) is 46.4 Å². The van der Waals surface area contributed by atoms with Crippen molar-refractivity contribution in [1.82, 2.24) is 4.98 Å². The van der Waals surface area contributed by atoms with Crippen molar-refractivity contribution in [1.29, 1.82) is 0 Å². The number of benzene rings is 4. The maximum absolute atomic E-state index is 12.5. The average Bonchev–Trinajstić information content (AvgIpc) is 3.13. The number of phenols is 4. The van der Waals surface area contributed by atoms with E-state index in [4.69, 9.17) is 0 Å². The van der Waals surface area contributed by atoms with E-state index in [0.29, 0.717) is 22.3 Å². The molecule has 2 heterocycles. The summed E-state index contributed by atoms with van der Waals surface area (Å²) in [4.78, 5) is 3.37. The van der Waals surface area contributed by atoms with Crippen LogP contribution in [0.15, 0.2) is 101 Å². The van der Waals surface area contributed by atoms with Gasteiger partial charge in [-0.25, -0.2) is 4.98 Å². The lowest BCUT2D eigenvalue weighted by Gasteiger charge is -2.18. The molecule has 1 aliphatic carbocycles. The second-order valence-electron chi connectivity index (χ2n) is 14.0. The van der Waals surface area contributed by atoms with Crippen molar-refractivity contribution in [2.24, 2.45) is 7.05 Å². The van der Waals surface area contributed by atoms with Gasteiger partial charge in [-0.3, -0.25) is 9.11 Å². The summed E-state index contributed by atoms with van der Waals surface area (Å²) in [5.41, 5.74) is 5.38. The van der Waals surface area contributed by atoms with E-state index < -0.39 is 47.9 Å². The maximum atomic E-state index is 12.5. The molecule has 1 aliphatic rings. The number of pyridine rings is 2. The Morgan fingerprint density at radius 1 is 0.571 bits per heavy atom. The molecule has 12 nitrogen and oxygen atoms in total. The fourth-order valence-corrected chi connectivity index (χ4v) is 8.17. The van der Waals surface area contributed by atoms with Gasteiger partial charge in [0.15, 0.2) is 6.20 Å². The smallest absolute Gasteiger partial charge is 0.294 e. The van der Waals surface area contributed by atoms with Gasteiger partial charge in [0.2, 0.25) is 5.69 Å². The summed E-state index contributed by atoms with van der Waals surface area (Å²) in [7, 11) is -7.74. The number of hydrogen-bond acceptors (Lipinski definition) is 9. The van der Waals surface area contributed by atoms with Crippen LogP contribution in [0.5, 0.6) is 23.0 Å². The zero-order valence-corrected chi connectivity index (χ0v) is 31.8. The summed E-state index contributed by atoms with van der Waals surface area (Å²) in [6, 6.07) is 20.3. The third-order valence-electron chi connectivity index (χ3n) is 9.92. The standard InChI is InChI=1S/C42H36N2O10S2/c1-24-8-10-43-37(12-24)38-15-25(9-11-44(38)2)6-7-26-13-29-16-27-4-3-5-28(39(27)45)17-31-20-35(55(49,50)51)22-33(41(31)47)19-34-23-36(56(52,53)54)21-32(42(34)48)18-30(14-26)40(29)46/h3-15,20-23H,16-19H2,1-2H3,(H5,45,47,48,49,50,51,52,53,54)/p+1. The van der Waals surface area contributed by atoms with Crippen molar-refractivity contribution in [2.45, 2.75) is 42.4 Å². The van der Waals surface area contributed by atoms with Crippen molar-refractivity contribution in [2.75, 3.05) is 0 Å². The maximum Gasteiger partial charge on any atom is 0.294 e. The van der Waals surface area contributed by atoms with Crippen LogP contribution in [-0.4, -0.2) is 51.4 Å². The van der Waals surface area contributed by atoms with Crippen LogP contribution in [0.25, 0.3) is 23.5 Å². The number of hydrogen-bond donors (Lipinski definition) is 6. The van der Waals surface area contributed by atoms with Crippen LogP contribution in [0.3, 0.4) is 0 Å². The number of rotatable bonds is 5. The zero-order chi connectivity index (χ0) is 40.1. The van der Waals surface area contributed by atoms with Gasteiger partial charge in [-0.2, -0.15) is 21.4 Å². The SMILES string of the molecule is Cc1ccnc(-c2cc(/C=C/c3cc4c(O)c(c3)Cc3cc(S(=O)(=O)O)cc(c3O)Cc3cc(S(=O)(=O)O)cc(c3O)Cc3cccc(c3O)C4)cc[n+]2C)c1. The molecule has 0 atom stereocenters. The molecular weight excluding hydrogens is 757 g/mol. The number of nitrogens with zero attached hydrogens (tertiary/aromatic N) is 2. The summed E-state index contributed by atoms with van der Waals surface area (Å²) in [6.07, 6.45) is 6.53. The molecule has 56 heavy (non-hydrogen) atoms. The summed E-state index contributed by atoms with van der Waals surface area (Å²) in [5, 5.41) is 46.2. The summed E-state index contributed by atoms with van der Waals surface area (Å²) >= 11 is 0. The normalized spacial score (nSPS) is 13.2. The topological polar surface area (TPSA) is 206 Å². The first-order valence-electron chi connectivity index (χ1n) is 17.3. The van der Waals surface area contributed by atoms with Gasteiger partial charge in [-0.05, 0) is 94.4 Å². The van der Waals surface area contributed by atoms with E-state index in [0.717, 1.165) is 46.8 Å². The lowest BCUT2D eigenvalue weighted by Crippen LogP contribution is -2.30. The Balaban J connectivity index is 1.41. The van der Waals surface area contributed by atoms with Crippen LogP contribution < -0.4 is 4.57 Å². The summed E-state index contributed by atoms with van der Waals surface area (Å²) in [5.74, 6) is -1.17. The van der Waals surface area contributed by atoms with Gasteiger partial charge in [0.05, 0.1) is 9.79 Å². The molecule has 0 amide bonds. The molecule has 0 unspecified atom stereocenters. The number of phenolic OH excluding ortho intramolecular Hbond substituents is 4. The predicted molar refractivity (Wildman–Crippen MR) is 208 cm³/mol. The molecule has 8 bridgehead atoms. The Morgan fingerprint density at radius 2 is 1.00 bits per heavy atom.